The molecule has 1 saturated heterocycles. The summed E-state index contributed by atoms with van der Waals surface area (Å²) in [5.41, 5.74) is 5.72. The number of hydrogen-bond acceptors (Lipinski definition) is 3. The highest BCUT2D eigenvalue weighted by Crippen LogP contribution is 2.31. The molecule has 1 saturated carbocycles. The average molecular weight is 282 g/mol. The van der Waals surface area contributed by atoms with Gasteiger partial charge in [-0.25, -0.2) is 4.79 Å². The number of urea groups is 1. The van der Waals surface area contributed by atoms with Gasteiger partial charge in [-0.15, -0.1) is 0 Å². The normalized spacial score (nSPS) is 29.5. The number of likely N-dealkylation sites (tertiary alicyclic amines) is 1. The van der Waals surface area contributed by atoms with Crippen molar-refractivity contribution in [3.63, 3.8) is 0 Å². The number of rotatable bonds is 4. The fourth-order valence-corrected chi connectivity index (χ4v) is 3.30. The van der Waals surface area contributed by atoms with Crippen molar-refractivity contribution in [2.45, 2.75) is 38.6 Å². The maximum atomic E-state index is 12.3. The van der Waals surface area contributed by atoms with Gasteiger partial charge in [0.25, 0.3) is 0 Å². The molecule has 4 N–H and O–H groups in total. The van der Waals surface area contributed by atoms with Gasteiger partial charge in [0.05, 0.1) is 0 Å². The summed E-state index contributed by atoms with van der Waals surface area (Å²) in [4.78, 5) is 25.8. The molecule has 1 aliphatic heterocycles. The monoisotopic (exact) mass is 282 g/mol. The first kappa shape index (κ1) is 15.1. The first-order chi connectivity index (χ1) is 9.65. The Balaban J connectivity index is 1.80. The van der Waals surface area contributed by atoms with Crippen LogP contribution < -0.4 is 16.4 Å². The molecule has 0 bridgehead atoms. The van der Waals surface area contributed by atoms with Gasteiger partial charge in [-0.2, -0.15) is 0 Å². The Hall–Kier alpha value is -1.30. The zero-order chi connectivity index (χ0) is 14.5. The van der Waals surface area contributed by atoms with Crippen molar-refractivity contribution in [3.05, 3.63) is 0 Å². The molecule has 1 unspecified atom stereocenters. The summed E-state index contributed by atoms with van der Waals surface area (Å²) < 4.78 is 0. The minimum atomic E-state index is -0.0371. The molecule has 114 valence electrons. The molecule has 1 heterocycles. The maximum absolute atomic E-state index is 12.3. The Morgan fingerprint density at radius 1 is 1.30 bits per heavy atom. The van der Waals surface area contributed by atoms with Gasteiger partial charge in [-0.3, -0.25) is 4.79 Å². The molecule has 0 aromatic rings. The van der Waals surface area contributed by atoms with E-state index in [4.69, 9.17) is 5.73 Å². The molecule has 6 heteroatoms. The summed E-state index contributed by atoms with van der Waals surface area (Å²) >= 11 is 0. The van der Waals surface area contributed by atoms with Gasteiger partial charge in [-0.05, 0) is 38.6 Å². The van der Waals surface area contributed by atoms with E-state index in [1.807, 2.05) is 6.92 Å². The molecule has 3 amide bonds. The van der Waals surface area contributed by atoms with Gasteiger partial charge in [0.2, 0.25) is 5.91 Å². The minimum Gasteiger partial charge on any atom is -0.351 e. The molecule has 0 aromatic carbocycles. The van der Waals surface area contributed by atoms with Crippen molar-refractivity contribution in [1.29, 1.82) is 0 Å². The Morgan fingerprint density at radius 3 is 2.80 bits per heavy atom. The lowest BCUT2D eigenvalue weighted by molar-refractivity contribution is -0.126. The van der Waals surface area contributed by atoms with Crippen molar-refractivity contribution in [2.24, 2.45) is 17.6 Å². The first-order valence-electron chi connectivity index (χ1n) is 7.69. The van der Waals surface area contributed by atoms with E-state index >= 15 is 0 Å². The van der Waals surface area contributed by atoms with Crippen molar-refractivity contribution in [1.82, 2.24) is 15.5 Å². The summed E-state index contributed by atoms with van der Waals surface area (Å²) in [6, 6.07) is 0.0501. The van der Waals surface area contributed by atoms with Crippen LogP contribution in [-0.4, -0.2) is 49.1 Å². The highest BCUT2D eigenvalue weighted by atomic mass is 16.2. The fourth-order valence-electron chi connectivity index (χ4n) is 3.30. The van der Waals surface area contributed by atoms with Crippen LogP contribution in [0.2, 0.25) is 0 Å². The third-order valence-corrected chi connectivity index (χ3v) is 4.45. The van der Waals surface area contributed by atoms with E-state index in [9.17, 15) is 9.59 Å². The number of amides is 3. The molecule has 1 aliphatic carbocycles. The van der Waals surface area contributed by atoms with Crippen molar-refractivity contribution >= 4 is 11.9 Å². The summed E-state index contributed by atoms with van der Waals surface area (Å²) in [5.74, 6) is 0.523. The Bertz CT molecular complexity index is 361. The van der Waals surface area contributed by atoms with Crippen LogP contribution in [0.4, 0.5) is 4.79 Å². The molecule has 0 spiro atoms. The van der Waals surface area contributed by atoms with Gasteiger partial charge >= 0.3 is 6.03 Å². The average Bonchev–Trinajstić information content (AvgIpc) is 3.07. The van der Waals surface area contributed by atoms with E-state index in [2.05, 4.69) is 10.6 Å². The lowest BCUT2D eigenvalue weighted by Crippen LogP contribution is -2.44. The highest BCUT2D eigenvalue weighted by Gasteiger charge is 2.34. The zero-order valence-electron chi connectivity index (χ0n) is 12.2. The van der Waals surface area contributed by atoms with Gasteiger partial charge in [0.15, 0.2) is 0 Å². The third kappa shape index (κ3) is 3.42. The van der Waals surface area contributed by atoms with Crippen LogP contribution in [0.3, 0.4) is 0 Å². The lowest BCUT2D eigenvalue weighted by atomic mass is 9.95. The van der Waals surface area contributed by atoms with Gasteiger partial charge < -0.3 is 21.3 Å². The molecular weight excluding hydrogens is 256 g/mol. The first-order valence-corrected chi connectivity index (χ1v) is 7.69. The van der Waals surface area contributed by atoms with Crippen LogP contribution in [0.25, 0.3) is 0 Å². The number of nitrogens with one attached hydrogen (secondary N) is 2. The van der Waals surface area contributed by atoms with E-state index < -0.39 is 0 Å². The molecule has 3 atom stereocenters. The van der Waals surface area contributed by atoms with E-state index in [1.54, 1.807) is 4.90 Å². The summed E-state index contributed by atoms with van der Waals surface area (Å²) in [5, 5.41) is 5.89. The summed E-state index contributed by atoms with van der Waals surface area (Å²) in [6.45, 7) is 4.44. The molecular formula is C14H26N4O2. The van der Waals surface area contributed by atoms with E-state index in [1.165, 1.54) is 0 Å². The second-order valence-corrected chi connectivity index (χ2v) is 5.81. The Morgan fingerprint density at radius 2 is 2.10 bits per heavy atom. The zero-order valence-corrected chi connectivity index (χ0v) is 12.2. The van der Waals surface area contributed by atoms with Gasteiger partial charge in [0, 0.05) is 31.6 Å². The third-order valence-electron chi connectivity index (χ3n) is 4.45. The largest absolute Gasteiger partial charge is 0.351 e. The molecule has 2 rings (SSSR count). The smallest absolute Gasteiger partial charge is 0.317 e. The van der Waals surface area contributed by atoms with Crippen LogP contribution in [0.15, 0.2) is 0 Å². The molecule has 6 nitrogen and oxygen atoms in total. The maximum Gasteiger partial charge on any atom is 0.317 e. The van der Waals surface area contributed by atoms with E-state index in [0.29, 0.717) is 32.1 Å². The lowest BCUT2D eigenvalue weighted by Gasteiger charge is -2.21. The Kier molecular flexibility index (Phi) is 5.23. The number of nitrogens with zero attached hydrogens (tertiary/aromatic N) is 1. The number of carbonyl (C=O) groups is 2. The predicted octanol–water partition coefficient (Wildman–Crippen LogP) is 0.281. The van der Waals surface area contributed by atoms with Crippen LogP contribution >= 0.6 is 0 Å². The van der Waals surface area contributed by atoms with Crippen molar-refractivity contribution in [3.8, 4) is 0 Å². The summed E-state index contributed by atoms with van der Waals surface area (Å²) in [7, 11) is 0. The predicted molar refractivity (Wildman–Crippen MR) is 77.1 cm³/mol. The minimum absolute atomic E-state index is 0.0371. The number of hydrogen-bond donors (Lipinski definition) is 3. The fraction of sp³-hybridized carbons (Fsp3) is 0.857. The molecule has 20 heavy (non-hydrogen) atoms. The van der Waals surface area contributed by atoms with E-state index in [0.717, 1.165) is 25.7 Å². The topological polar surface area (TPSA) is 87.5 Å². The highest BCUT2D eigenvalue weighted by molar-refractivity contribution is 5.80. The molecule has 0 aromatic heterocycles. The number of carbonyl (C=O) groups excluding carboxylic acids is 2. The van der Waals surface area contributed by atoms with Crippen LogP contribution in [0, 0.1) is 11.8 Å². The SMILES string of the molecule is CCNC(=O)N1CCC(NC(=O)[C@@H]2CCC[C@@H]2CN)C1. The van der Waals surface area contributed by atoms with E-state index in [-0.39, 0.29) is 23.9 Å². The quantitative estimate of drug-likeness (QED) is 0.692. The van der Waals surface area contributed by atoms with Crippen molar-refractivity contribution in [2.75, 3.05) is 26.2 Å². The van der Waals surface area contributed by atoms with Gasteiger partial charge in [0.1, 0.15) is 0 Å². The number of nitrogens with two attached hydrogens (primary N) is 1. The molecule has 2 aliphatic rings. The second kappa shape index (κ2) is 6.92. The van der Waals surface area contributed by atoms with Gasteiger partial charge in [-0.1, -0.05) is 6.42 Å². The summed E-state index contributed by atoms with van der Waals surface area (Å²) in [6.07, 6.45) is 3.93. The van der Waals surface area contributed by atoms with Crippen LogP contribution in [0.5, 0.6) is 0 Å². The molecule has 0 radical (unpaired) electrons. The van der Waals surface area contributed by atoms with Crippen LogP contribution in [-0.2, 0) is 4.79 Å². The van der Waals surface area contributed by atoms with Crippen LogP contribution in [0.1, 0.15) is 32.6 Å². The standard InChI is InChI=1S/C14H26N4O2/c1-2-16-14(20)18-7-6-11(9-18)17-13(19)12-5-3-4-10(12)8-15/h10-12H,2-9,15H2,1H3,(H,16,20)(H,17,19)/t10-,11?,12-/m1/s1. The van der Waals surface area contributed by atoms with Crippen molar-refractivity contribution < 1.29 is 9.59 Å². The Labute approximate surface area is 120 Å². The second-order valence-electron chi connectivity index (χ2n) is 5.81. The molecule has 2 fully saturated rings.